The van der Waals surface area contributed by atoms with Crippen molar-refractivity contribution in [2.24, 2.45) is 7.05 Å². The molecule has 0 radical (unpaired) electrons. The molecule has 3 rings (SSSR count). The number of rotatable bonds is 2. The number of aryl methyl sites for hydroxylation is 1. The van der Waals surface area contributed by atoms with Crippen molar-refractivity contribution >= 4 is 21.4 Å². The number of nitrogens with zero attached hydrogens (tertiary/aromatic N) is 4. The van der Waals surface area contributed by atoms with Gasteiger partial charge in [-0.1, -0.05) is 0 Å². The van der Waals surface area contributed by atoms with Crippen LogP contribution in [0.25, 0.3) is 0 Å². The second kappa shape index (κ2) is 4.73. The minimum absolute atomic E-state index is 0.0373. The van der Waals surface area contributed by atoms with Crippen LogP contribution in [-0.2, 0) is 17.1 Å². The zero-order chi connectivity index (χ0) is 15.2. The van der Waals surface area contributed by atoms with Gasteiger partial charge in [-0.15, -0.1) is 0 Å². The Morgan fingerprint density at radius 1 is 1.19 bits per heavy atom. The third-order valence-electron chi connectivity index (χ3n) is 3.49. The summed E-state index contributed by atoms with van der Waals surface area (Å²) in [6.45, 7) is 0.788. The van der Waals surface area contributed by atoms with Gasteiger partial charge in [0, 0.05) is 32.9 Å². The Balaban J connectivity index is 2.12. The lowest BCUT2D eigenvalue weighted by Gasteiger charge is -2.35. The van der Waals surface area contributed by atoms with E-state index in [0.29, 0.717) is 17.9 Å². The van der Waals surface area contributed by atoms with E-state index < -0.39 is 15.8 Å². The highest BCUT2D eigenvalue weighted by Gasteiger charge is 2.32. The lowest BCUT2D eigenvalue weighted by atomic mass is 10.2. The van der Waals surface area contributed by atoms with Crippen LogP contribution < -0.4 is 9.21 Å². The van der Waals surface area contributed by atoms with Crippen molar-refractivity contribution in [2.75, 3.05) is 29.3 Å². The Morgan fingerprint density at radius 3 is 2.62 bits per heavy atom. The van der Waals surface area contributed by atoms with Crippen LogP contribution in [0.2, 0.25) is 0 Å². The predicted octanol–water partition coefficient (Wildman–Crippen LogP) is 1.20. The first-order valence-electron chi connectivity index (χ1n) is 6.41. The zero-order valence-electron chi connectivity index (χ0n) is 11.7. The molecule has 8 heteroatoms. The lowest BCUT2D eigenvalue weighted by Crippen LogP contribution is -2.42. The molecule has 1 aromatic heterocycles. The van der Waals surface area contributed by atoms with Crippen molar-refractivity contribution < 1.29 is 12.8 Å². The summed E-state index contributed by atoms with van der Waals surface area (Å²) >= 11 is 0. The van der Waals surface area contributed by atoms with E-state index in [4.69, 9.17) is 0 Å². The Kier molecular flexibility index (Phi) is 3.12. The molecule has 0 unspecified atom stereocenters. The molecule has 0 spiro atoms. The summed E-state index contributed by atoms with van der Waals surface area (Å²) < 4.78 is 41.7. The van der Waals surface area contributed by atoms with Crippen LogP contribution in [0.1, 0.15) is 0 Å². The SMILES string of the molecule is CN1CCN(S(=O)(=O)c2cn(C)cn2)c2cc(F)ccc21. The van der Waals surface area contributed by atoms with Crippen molar-refractivity contribution in [3.63, 3.8) is 0 Å². The van der Waals surface area contributed by atoms with Crippen molar-refractivity contribution in [1.29, 1.82) is 0 Å². The third kappa shape index (κ3) is 2.25. The molecule has 0 saturated carbocycles. The minimum Gasteiger partial charge on any atom is -0.371 e. The summed E-state index contributed by atoms with van der Waals surface area (Å²) in [7, 11) is -0.240. The Hall–Kier alpha value is -2.09. The smallest absolute Gasteiger partial charge is 0.283 e. The molecule has 112 valence electrons. The van der Waals surface area contributed by atoms with E-state index in [1.165, 1.54) is 29.0 Å². The quantitative estimate of drug-likeness (QED) is 0.836. The standard InChI is InChI=1S/C13H15FN4O2S/c1-16-8-13(15-9-16)21(19,20)18-6-5-17(2)11-4-3-10(14)7-12(11)18/h3-4,7-9H,5-6H2,1-2H3. The molecule has 0 fully saturated rings. The van der Waals surface area contributed by atoms with E-state index >= 15 is 0 Å². The number of hydrogen-bond donors (Lipinski definition) is 0. The van der Waals surface area contributed by atoms with Crippen LogP contribution >= 0.6 is 0 Å². The van der Waals surface area contributed by atoms with E-state index in [2.05, 4.69) is 4.98 Å². The molecule has 21 heavy (non-hydrogen) atoms. The summed E-state index contributed by atoms with van der Waals surface area (Å²) in [6.07, 6.45) is 2.86. The number of halogens is 1. The normalized spacial score (nSPS) is 15.2. The van der Waals surface area contributed by atoms with Crippen LogP contribution in [0, 0.1) is 5.82 Å². The average Bonchev–Trinajstić information content (AvgIpc) is 2.86. The number of imidazole rings is 1. The Bertz CT molecular complexity index is 787. The first-order chi connectivity index (χ1) is 9.89. The Morgan fingerprint density at radius 2 is 1.95 bits per heavy atom. The van der Waals surface area contributed by atoms with Gasteiger partial charge in [0.2, 0.25) is 0 Å². The molecule has 1 aromatic carbocycles. The topological polar surface area (TPSA) is 58.4 Å². The van der Waals surface area contributed by atoms with Crippen LogP contribution in [-0.4, -0.2) is 38.1 Å². The number of likely N-dealkylation sites (N-methyl/N-ethyl adjacent to an activating group) is 1. The molecular weight excluding hydrogens is 295 g/mol. The van der Waals surface area contributed by atoms with E-state index in [1.807, 2.05) is 11.9 Å². The molecule has 0 saturated heterocycles. The zero-order valence-corrected chi connectivity index (χ0v) is 12.5. The van der Waals surface area contributed by atoms with E-state index in [9.17, 15) is 12.8 Å². The highest BCUT2D eigenvalue weighted by molar-refractivity contribution is 7.92. The second-order valence-corrected chi connectivity index (χ2v) is 6.82. The number of anilines is 2. The lowest BCUT2D eigenvalue weighted by molar-refractivity contribution is 0.585. The van der Waals surface area contributed by atoms with Crippen LogP contribution in [0.5, 0.6) is 0 Å². The molecule has 0 atom stereocenters. The highest BCUT2D eigenvalue weighted by atomic mass is 32.2. The van der Waals surface area contributed by atoms with Gasteiger partial charge in [-0.05, 0) is 12.1 Å². The molecule has 0 aliphatic carbocycles. The fourth-order valence-corrected chi connectivity index (χ4v) is 3.82. The average molecular weight is 310 g/mol. The van der Waals surface area contributed by atoms with Gasteiger partial charge in [-0.3, -0.25) is 4.31 Å². The summed E-state index contributed by atoms with van der Waals surface area (Å²) in [4.78, 5) is 5.81. The third-order valence-corrected chi connectivity index (χ3v) is 5.19. The number of fused-ring (bicyclic) bond motifs is 1. The highest BCUT2D eigenvalue weighted by Crippen LogP contribution is 2.35. The summed E-state index contributed by atoms with van der Waals surface area (Å²) in [5, 5.41) is -0.0373. The summed E-state index contributed by atoms with van der Waals surface area (Å²) in [6, 6.07) is 4.16. The predicted molar refractivity (Wildman–Crippen MR) is 77.4 cm³/mol. The fourth-order valence-electron chi connectivity index (χ4n) is 2.39. The molecule has 0 amide bonds. The van der Waals surface area contributed by atoms with Gasteiger partial charge < -0.3 is 9.47 Å². The molecule has 2 aromatic rings. The maximum absolute atomic E-state index is 13.5. The van der Waals surface area contributed by atoms with Crippen LogP contribution in [0.3, 0.4) is 0 Å². The number of sulfonamides is 1. The molecule has 1 aliphatic heterocycles. The van der Waals surface area contributed by atoms with Gasteiger partial charge in [0.15, 0.2) is 5.03 Å². The first kappa shape index (κ1) is 13.9. The second-order valence-electron chi connectivity index (χ2n) is 5.01. The minimum atomic E-state index is -3.79. The van der Waals surface area contributed by atoms with Gasteiger partial charge in [-0.2, -0.15) is 8.42 Å². The number of aromatic nitrogens is 2. The number of hydrogen-bond acceptors (Lipinski definition) is 4. The monoisotopic (exact) mass is 310 g/mol. The molecule has 0 bridgehead atoms. The fraction of sp³-hybridized carbons (Fsp3) is 0.308. The molecule has 2 heterocycles. The van der Waals surface area contributed by atoms with Crippen LogP contribution in [0.15, 0.2) is 35.7 Å². The van der Waals surface area contributed by atoms with Crippen molar-refractivity contribution in [3.8, 4) is 0 Å². The molecule has 0 N–H and O–H groups in total. The van der Waals surface area contributed by atoms with E-state index in [-0.39, 0.29) is 11.6 Å². The summed E-state index contributed by atoms with van der Waals surface area (Å²) in [5.74, 6) is -0.467. The van der Waals surface area contributed by atoms with E-state index in [1.54, 1.807) is 17.7 Å². The molecular formula is C13H15FN4O2S. The maximum Gasteiger partial charge on any atom is 0.283 e. The van der Waals surface area contributed by atoms with Crippen LogP contribution in [0.4, 0.5) is 15.8 Å². The van der Waals surface area contributed by atoms with Gasteiger partial charge in [-0.25, -0.2) is 9.37 Å². The molecule has 1 aliphatic rings. The van der Waals surface area contributed by atoms with Crippen molar-refractivity contribution in [3.05, 3.63) is 36.5 Å². The van der Waals surface area contributed by atoms with Gasteiger partial charge in [0.05, 0.1) is 24.2 Å². The first-order valence-corrected chi connectivity index (χ1v) is 7.85. The van der Waals surface area contributed by atoms with Crippen molar-refractivity contribution in [1.82, 2.24) is 9.55 Å². The molecule has 6 nitrogen and oxygen atoms in total. The largest absolute Gasteiger partial charge is 0.371 e. The van der Waals surface area contributed by atoms with Gasteiger partial charge in [0.1, 0.15) is 5.82 Å². The van der Waals surface area contributed by atoms with Gasteiger partial charge in [0.25, 0.3) is 10.0 Å². The maximum atomic E-state index is 13.5. The van der Waals surface area contributed by atoms with E-state index in [0.717, 1.165) is 0 Å². The Labute approximate surface area is 122 Å². The van der Waals surface area contributed by atoms with Crippen molar-refractivity contribution in [2.45, 2.75) is 5.03 Å². The number of benzene rings is 1. The summed E-state index contributed by atoms with van der Waals surface area (Å²) in [5.41, 5.74) is 1.02. The van der Waals surface area contributed by atoms with Gasteiger partial charge >= 0.3 is 0 Å².